The number of carbonyl (C=O) groups is 2. The first-order valence-corrected chi connectivity index (χ1v) is 7.76. The molecule has 0 aliphatic rings. The molecule has 0 saturated heterocycles. The number of hydrogen-bond acceptors (Lipinski definition) is 4. The number of halogens is 1. The molecule has 0 aliphatic carbocycles. The van der Waals surface area contributed by atoms with Gasteiger partial charge in [0.1, 0.15) is 0 Å². The van der Waals surface area contributed by atoms with Gasteiger partial charge < -0.3 is 15.2 Å². The molecular weight excluding hydrogens is 322 g/mol. The monoisotopic (exact) mass is 334 g/mol. The van der Waals surface area contributed by atoms with Crippen LogP contribution < -0.4 is 10.4 Å². The van der Waals surface area contributed by atoms with E-state index in [1.165, 1.54) is 23.9 Å². The summed E-state index contributed by atoms with van der Waals surface area (Å²) in [5, 5.41) is 13.9. The van der Waals surface area contributed by atoms with E-state index in [4.69, 9.17) is 11.6 Å². The van der Waals surface area contributed by atoms with E-state index in [1.807, 2.05) is 12.1 Å². The quantitative estimate of drug-likeness (QED) is 0.854. The number of carboxylic acids is 1. The first-order chi connectivity index (χ1) is 10.5. The number of aromatic carboxylic acids is 1. The van der Waals surface area contributed by atoms with E-state index in [0.717, 1.165) is 4.90 Å². The Balaban J connectivity index is 2.05. The highest BCUT2D eigenvalue weighted by Gasteiger charge is 2.16. The lowest BCUT2D eigenvalue weighted by atomic mass is 10.2. The molecule has 6 heteroatoms. The highest BCUT2D eigenvalue weighted by atomic mass is 35.5. The molecule has 114 valence electrons. The van der Waals surface area contributed by atoms with Crippen LogP contribution in [0.1, 0.15) is 17.3 Å². The van der Waals surface area contributed by atoms with E-state index in [9.17, 15) is 14.7 Å². The van der Waals surface area contributed by atoms with E-state index in [-0.39, 0.29) is 17.2 Å². The number of para-hydroxylation sites is 1. The van der Waals surface area contributed by atoms with Gasteiger partial charge in [0.2, 0.25) is 5.91 Å². The first-order valence-electron chi connectivity index (χ1n) is 6.51. The maximum absolute atomic E-state index is 12.2. The lowest BCUT2D eigenvalue weighted by molar-refractivity contribution is -0.254. The topological polar surface area (TPSA) is 69.2 Å². The Morgan fingerprint density at radius 1 is 1.14 bits per heavy atom. The Morgan fingerprint density at radius 3 is 2.41 bits per heavy atom. The molecule has 1 atom stereocenters. The maximum atomic E-state index is 12.2. The van der Waals surface area contributed by atoms with Crippen molar-refractivity contribution >= 4 is 40.9 Å². The zero-order chi connectivity index (χ0) is 16.1. The fourth-order valence-electron chi connectivity index (χ4n) is 1.78. The number of anilines is 1. The third kappa shape index (κ3) is 4.26. The van der Waals surface area contributed by atoms with Crippen molar-refractivity contribution in [1.29, 1.82) is 0 Å². The molecule has 0 fully saturated rings. The van der Waals surface area contributed by atoms with Gasteiger partial charge in [0.25, 0.3) is 0 Å². The van der Waals surface area contributed by atoms with Crippen LogP contribution >= 0.6 is 23.4 Å². The SMILES string of the molecule is C[C@@H](Sc1ccc(Cl)cc1)C(=O)Nc1ccccc1C(=O)[O-]. The van der Waals surface area contributed by atoms with Crippen LogP contribution in [0.15, 0.2) is 53.4 Å². The van der Waals surface area contributed by atoms with Crippen LogP contribution in [-0.4, -0.2) is 17.1 Å². The highest BCUT2D eigenvalue weighted by molar-refractivity contribution is 8.00. The molecule has 2 aromatic carbocycles. The number of amides is 1. The van der Waals surface area contributed by atoms with Crippen molar-refractivity contribution in [3.05, 3.63) is 59.1 Å². The second-order valence-corrected chi connectivity index (χ2v) is 6.39. The zero-order valence-corrected chi connectivity index (χ0v) is 13.3. The molecule has 1 N–H and O–H groups in total. The predicted molar refractivity (Wildman–Crippen MR) is 86.2 cm³/mol. The summed E-state index contributed by atoms with van der Waals surface area (Å²) in [6.07, 6.45) is 0. The maximum Gasteiger partial charge on any atom is 0.237 e. The highest BCUT2D eigenvalue weighted by Crippen LogP contribution is 2.26. The van der Waals surface area contributed by atoms with Crippen molar-refractivity contribution in [2.45, 2.75) is 17.1 Å². The second kappa shape index (κ2) is 7.33. The Morgan fingerprint density at radius 2 is 1.77 bits per heavy atom. The second-order valence-electron chi connectivity index (χ2n) is 4.54. The van der Waals surface area contributed by atoms with Crippen LogP contribution in [0.25, 0.3) is 0 Å². The fraction of sp³-hybridized carbons (Fsp3) is 0.125. The Kier molecular flexibility index (Phi) is 5.46. The minimum absolute atomic E-state index is 0.0421. The first kappa shape index (κ1) is 16.4. The molecule has 0 aliphatic heterocycles. The van der Waals surface area contributed by atoms with Crippen molar-refractivity contribution < 1.29 is 14.7 Å². The summed E-state index contributed by atoms with van der Waals surface area (Å²) in [7, 11) is 0. The molecule has 2 aromatic rings. The Labute approximate surface area is 137 Å². The molecule has 0 heterocycles. The minimum Gasteiger partial charge on any atom is -0.545 e. The van der Waals surface area contributed by atoms with Gasteiger partial charge in [-0.2, -0.15) is 0 Å². The molecular formula is C16H13ClNO3S-. The number of benzene rings is 2. The average molecular weight is 335 g/mol. The third-order valence-electron chi connectivity index (χ3n) is 2.90. The van der Waals surface area contributed by atoms with Crippen LogP contribution in [0, 0.1) is 0 Å². The molecule has 0 spiro atoms. The van der Waals surface area contributed by atoms with Gasteiger partial charge >= 0.3 is 0 Å². The number of carboxylic acid groups (broad SMARTS) is 1. The molecule has 2 rings (SSSR count). The van der Waals surface area contributed by atoms with Crippen molar-refractivity contribution in [3.63, 3.8) is 0 Å². The van der Waals surface area contributed by atoms with Gasteiger partial charge in [-0.3, -0.25) is 4.79 Å². The number of hydrogen-bond donors (Lipinski definition) is 1. The van der Waals surface area contributed by atoms with Crippen LogP contribution in [0.4, 0.5) is 5.69 Å². The van der Waals surface area contributed by atoms with Crippen molar-refractivity contribution in [1.82, 2.24) is 0 Å². The zero-order valence-electron chi connectivity index (χ0n) is 11.7. The number of rotatable bonds is 5. The summed E-state index contributed by atoms with van der Waals surface area (Å²) in [4.78, 5) is 24.1. The van der Waals surface area contributed by atoms with E-state index in [2.05, 4.69) is 5.32 Å². The molecule has 4 nitrogen and oxygen atoms in total. The average Bonchev–Trinajstić information content (AvgIpc) is 2.49. The molecule has 1 amide bonds. The molecule has 0 aromatic heterocycles. The smallest absolute Gasteiger partial charge is 0.237 e. The minimum atomic E-state index is -1.33. The number of carbonyl (C=O) groups excluding carboxylic acids is 2. The lowest BCUT2D eigenvalue weighted by Gasteiger charge is -2.15. The lowest BCUT2D eigenvalue weighted by Crippen LogP contribution is -2.27. The van der Waals surface area contributed by atoms with E-state index >= 15 is 0 Å². The molecule has 22 heavy (non-hydrogen) atoms. The van der Waals surface area contributed by atoms with Crippen LogP contribution in [0.3, 0.4) is 0 Å². The molecule has 0 saturated carbocycles. The van der Waals surface area contributed by atoms with Gasteiger partial charge in [0, 0.05) is 21.2 Å². The molecule has 0 unspecified atom stereocenters. The number of thioether (sulfide) groups is 1. The summed E-state index contributed by atoms with van der Waals surface area (Å²) in [5.41, 5.74) is 0.190. The summed E-state index contributed by atoms with van der Waals surface area (Å²) in [6, 6.07) is 13.3. The summed E-state index contributed by atoms with van der Waals surface area (Å²) < 4.78 is 0. The Hall–Kier alpha value is -1.98. The van der Waals surface area contributed by atoms with Crippen molar-refractivity contribution in [2.75, 3.05) is 5.32 Å². The van der Waals surface area contributed by atoms with Gasteiger partial charge in [-0.25, -0.2) is 0 Å². The van der Waals surface area contributed by atoms with Gasteiger partial charge in [0.15, 0.2) is 0 Å². The summed E-state index contributed by atoms with van der Waals surface area (Å²) in [6.45, 7) is 1.75. The Bertz CT molecular complexity index is 688. The third-order valence-corrected chi connectivity index (χ3v) is 4.26. The fourth-order valence-corrected chi connectivity index (χ4v) is 2.77. The summed E-state index contributed by atoms with van der Waals surface area (Å²) in [5.74, 6) is -1.61. The van der Waals surface area contributed by atoms with Gasteiger partial charge in [0.05, 0.1) is 11.2 Å². The van der Waals surface area contributed by atoms with Crippen LogP contribution in [-0.2, 0) is 4.79 Å². The van der Waals surface area contributed by atoms with Gasteiger partial charge in [-0.05, 0) is 37.3 Å². The largest absolute Gasteiger partial charge is 0.545 e. The van der Waals surface area contributed by atoms with E-state index < -0.39 is 11.2 Å². The normalized spacial score (nSPS) is 11.7. The number of nitrogens with one attached hydrogen (secondary N) is 1. The standard InChI is InChI=1S/C16H14ClNO3S/c1-10(22-12-8-6-11(17)7-9-12)15(19)18-14-5-3-2-4-13(14)16(20)21/h2-10H,1H3,(H,18,19)(H,20,21)/p-1/t10-/m1/s1. The van der Waals surface area contributed by atoms with Crippen LogP contribution in [0.2, 0.25) is 5.02 Å². The van der Waals surface area contributed by atoms with Crippen LogP contribution in [0.5, 0.6) is 0 Å². The van der Waals surface area contributed by atoms with Crippen molar-refractivity contribution in [3.8, 4) is 0 Å². The molecule has 0 radical (unpaired) electrons. The predicted octanol–water partition coefficient (Wildman–Crippen LogP) is 2.82. The van der Waals surface area contributed by atoms with Crippen molar-refractivity contribution in [2.24, 2.45) is 0 Å². The van der Waals surface area contributed by atoms with E-state index in [1.54, 1.807) is 31.2 Å². The van der Waals surface area contributed by atoms with Gasteiger partial charge in [-0.1, -0.05) is 29.8 Å². The summed E-state index contributed by atoms with van der Waals surface area (Å²) >= 11 is 7.18. The molecule has 0 bridgehead atoms. The van der Waals surface area contributed by atoms with Gasteiger partial charge in [-0.15, -0.1) is 11.8 Å². The van der Waals surface area contributed by atoms with E-state index in [0.29, 0.717) is 5.02 Å².